The molecule has 0 radical (unpaired) electrons. The van der Waals surface area contributed by atoms with Gasteiger partial charge in [-0.05, 0) is 54.1 Å². The maximum absolute atomic E-state index is 13.3. The first-order chi connectivity index (χ1) is 16.8. The molecule has 35 heavy (non-hydrogen) atoms. The first kappa shape index (κ1) is 23.5. The smallest absolute Gasteiger partial charge is 0.300 e. The fraction of sp³-hybridized carbons (Fsp3) is 0.154. The van der Waals surface area contributed by atoms with Gasteiger partial charge < -0.3 is 19.9 Å². The van der Waals surface area contributed by atoms with Gasteiger partial charge in [-0.25, -0.2) is 0 Å². The van der Waals surface area contributed by atoms with Crippen LogP contribution in [-0.2, 0) is 14.4 Å². The van der Waals surface area contributed by atoms with Crippen LogP contribution >= 0.6 is 0 Å². The van der Waals surface area contributed by atoms with Crippen molar-refractivity contribution in [1.82, 2.24) is 4.98 Å². The number of methoxy groups -OCH3 is 2. The van der Waals surface area contributed by atoms with Crippen LogP contribution in [0.4, 0.5) is 11.4 Å². The van der Waals surface area contributed by atoms with Gasteiger partial charge in [0.15, 0.2) is 0 Å². The monoisotopic (exact) mass is 473 g/mol. The van der Waals surface area contributed by atoms with E-state index in [2.05, 4.69) is 10.3 Å². The topological polar surface area (TPSA) is 118 Å². The number of Topliss-reactive ketones (excluding diaryl/α,β-unsaturated/α-hetero) is 1. The molecule has 4 rings (SSSR count). The lowest BCUT2D eigenvalue weighted by atomic mass is 9.95. The number of hydrogen-bond donors (Lipinski definition) is 2. The predicted octanol–water partition coefficient (Wildman–Crippen LogP) is 3.68. The molecule has 1 aliphatic heterocycles. The van der Waals surface area contributed by atoms with E-state index < -0.39 is 23.5 Å². The third-order valence-corrected chi connectivity index (χ3v) is 5.57. The number of rotatable bonds is 6. The van der Waals surface area contributed by atoms with Crippen LogP contribution in [0.2, 0.25) is 0 Å². The van der Waals surface area contributed by atoms with E-state index in [9.17, 15) is 19.5 Å². The van der Waals surface area contributed by atoms with Crippen LogP contribution in [0, 0.1) is 0 Å². The van der Waals surface area contributed by atoms with Crippen LogP contribution in [-0.4, -0.2) is 41.9 Å². The van der Waals surface area contributed by atoms with Crippen molar-refractivity contribution in [3.8, 4) is 11.5 Å². The van der Waals surface area contributed by atoms with Crippen LogP contribution in [0.15, 0.2) is 72.6 Å². The average Bonchev–Trinajstić information content (AvgIpc) is 3.13. The first-order valence-corrected chi connectivity index (χ1v) is 10.7. The van der Waals surface area contributed by atoms with Gasteiger partial charge in [0.1, 0.15) is 17.3 Å². The maximum Gasteiger partial charge on any atom is 0.300 e. The van der Waals surface area contributed by atoms with Crippen molar-refractivity contribution in [3.05, 3.63) is 83.7 Å². The van der Waals surface area contributed by atoms with Crippen LogP contribution in [0.1, 0.15) is 24.1 Å². The van der Waals surface area contributed by atoms with Gasteiger partial charge in [-0.1, -0.05) is 6.07 Å². The fourth-order valence-corrected chi connectivity index (χ4v) is 4.04. The summed E-state index contributed by atoms with van der Waals surface area (Å²) in [6.45, 7) is 1.37. The number of hydrogen-bond acceptors (Lipinski definition) is 7. The third kappa shape index (κ3) is 4.43. The highest BCUT2D eigenvalue weighted by molar-refractivity contribution is 6.51. The molecule has 3 aromatic rings. The van der Waals surface area contributed by atoms with Gasteiger partial charge in [-0.15, -0.1) is 0 Å². The average molecular weight is 473 g/mol. The minimum absolute atomic E-state index is 0.113. The molecule has 2 amide bonds. The second-order valence-electron chi connectivity index (χ2n) is 7.75. The number of carbonyl (C=O) groups excluding carboxylic acids is 3. The molecule has 0 aliphatic carbocycles. The minimum atomic E-state index is -0.957. The molecule has 178 valence electrons. The molecule has 1 atom stereocenters. The van der Waals surface area contributed by atoms with Crippen LogP contribution in [0.25, 0.3) is 5.76 Å². The third-order valence-electron chi connectivity index (χ3n) is 5.57. The number of carbonyl (C=O) groups is 3. The number of ketones is 1. The van der Waals surface area contributed by atoms with Crippen molar-refractivity contribution >= 4 is 34.7 Å². The Balaban J connectivity index is 1.94. The molecule has 1 aromatic heterocycles. The Hall–Kier alpha value is -4.66. The molecular weight excluding hydrogens is 450 g/mol. The van der Waals surface area contributed by atoms with Crippen LogP contribution < -0.4 is 19.7 Å². The van der Waals surface area contributed by atoms with E-state index in [0.29, 0.717) is 28.4 Å². The summed E-state index contributed by atoms with van der Waals surface area (Å²) < 4.78 is 10.7. The molecule has 2 heterocycles. The largest absolute Gasteiger partial charge is 0.507 e. The van der Waals surface area contributed by atoms with E-state index in [4.69, 9.17) is 9.47 Å². The predicted molar refractivity (Wildman–Crippen MR) is 129 cm³/mol. The second kappa shape index (κ2) is 9.68. The number of ether oxygens (including phenoxy) is 2. The summed E-state index contributed by atoms with van der Waals surface area (Å²) in [5.74, 6) is -1.63. The zero-order valence-electron chi connectivity index (χ0n) is 19.3. The Morgan fingerprint density at radius 1 is 1.03 bits per heavy atom. The van der Waals surface area contributed by atoms with Crippen molar-refractivity contribution in [2.75, 3.05) is 24.4 Å². The van der Waals surface area contributed by atoms with Crippen LogP contribution in [0.5, 0.6) is 11.5 Å². The van der Waals surface area contributed by atoms with Gasteiger partial charge >= 0.3 is 0 Å². The lowest BCUT2D eigenvalue weighted by Gasteiger charge is -2.26. The van der Waals surface area contributed by atoms with Crippen molar-refractivity contribution in [3.63, 3.8) is 0 Å². The quantitative estimate of drug-likeness (QED) is 0.318. The number of amides is 2. The molecule has 0 saturated carbocycles. The summed E-state index contributed by atoms with van der Waals surface area (Å²) in [6, 6.07) is 13.7. The number of anilines is 2. The Morgan fingerprint density at radius 2 is 1.77 bits per heavy atom. The molecule has 2 aromatic carbocycles. The number of aliphatic hydroxyl groups excluding tert-OH is 1. The SMILES string of the molecule is COc1ccc(OC)c(/C(O)=C2\C(=O)C(=O)N(c3cccc(NC(C)=O)c3)C2c2ccncc2)c1. The van der Waals surface area contributed by atoms with E-state index >= 15 is 0 Å². The highest BCUT2D eigenvalue weighted by Crippen LogP contribution is 2.44. The van der Waals surface area contributed by atoms with Gasteiger partial charge in [0.25, 0.3) is 11.7 Å². The number of nitrogens with zero attached hydrogens (tertiary/aromatic N) is 2. The second-order valence-corrected chi connectivity index (χ2v) is 7.75. The summed E-state index contributed by atoms with van der Waals surface area (Å²) in [6.07, 6.45) is 3.07. The highest BCUT2D eigenvalue weighted by Gasteiger charge is 2.47. The number of nitrogens with one attached hydrogen (secondary N) is 1. The summed E-state index contributed by atoms with van der Waals surface area (Å²) in [5, 5.41) is 14.1. The molecule has 9 heteroatoms. The summed E-state index contributed by atoms with van der Waals surface area (Å²) in [7, 11) is 2.91. The molecule has 0 spiro atoms. The van der Waals surface area contributed by atoms with E-state index in [0.717, 1.165) is 0 Å². The standard InChI is InChI=1S/C26H23N3O6/c1-15(30)28-17-5-4-6-18(13-17)29-23(16-9-11-27-12-10-16)22(25(32)26(29)33)24(31)20-14-19(34-2)7-8-21(20)35-3/h4-14,23,31H,1-3H3,(H,28,30)/b24-22+. The summed E-state index contributed by atoms with van der Waals surface area (Å²) in [4.78, 5) is 43.5. The Labute approximate surface area is 201 Å². The van der Waals surface area contributed by atoms with Gasteiger partial charge in [-0.2, -0.15) is 0 Å². The highest BCUT2D eigenvalue weighted by atomic mass is 16.5. The molecule has 9 nitrogen and oxygen atoms in total. The molecule has 1 aliphatic rings. The lowest BCUT2D eigenvalue weighted by Crippen LogP contribution is -2.29. The normalized spacial score (nSPS) is 16.8. The molecule has 1 saturated heterocycles. The van der Waals surface area contributed by atoms with Gasteiger partial charge in [0, 0.05) is 30.7 Å². The number of benzene rings is 2. The van der Waals surface area contributed by atoms with E-state index in [-0.39, 0.29) is 17.0 Å². The lowest BCUT2D eigenvalue weighted by molar-refractivity contribution is -0.132. The van der Waals surface area contributed by atoms with Crippen molar-refractivity contribution in [1.29, 1.82) is 0 Å². The van der Waals surface area contributed by atoms with Gasteiger partial charge in [-0.3, -0.25) is 24.3 Å². The van der Waals surface area contributed by atoms with Crippen molar-refractivity contribution < 1.29 is 29.0 Å². The van der Waals surface area contributed by atoms with Gasteiger partial charge in [0.05, 0.1) is 31.4 Å². The zero-order chi connectivity index (χ0) is 25.1. The molecule has 0 bridgehead atoms. The van der Waals surface area contributed by atoms with E-state index in [1.54, 1.807) is 48.5 Å². The Bertz CT molecular complexity index is 1340. The van der Waals surface area contributed by atoms with Gasteiger partial charge in [0.2, 0.25) is 5.91 Å². The number of aromatic nitrogens is 1. The molecule has 1 fully saturated rings. The number of pyridine rings is 1. The van der Waals surface area contributed by atoms with E-state index in [1.807, 2.05) is 0 Å². The zero-order valence-corrected chi connectivity index (χ0v) is 19.3. The van der Waals surface area contributed by atoms with E-state index in [1.165, 1.54) is 44.5 Å². The fourth-order valence-electron chi connectivity index (χ4n) is 4.04. The van der Waals surface area contributed by atoms with Crippen molar-refractivity contribution in [2.45, 2.75) is 13.0 Å². The first-order valence-electron chi connectivity index (χ1n) is 10.7. The molecule has 1 unspecified atom stereocenters. The Kier molecular flexibility index (Phi) is 6.50. The molecular formula is C26H23N3O6. The number of aliphatic hydroxyl groups is 1. The molecule has 2 N–H and O–H groups in total. The summed E-state index contributed by atoms with van der Waals surface area (Å²) >= 11 is 0. The maximum atomic E-state index is 13.3. The summed E-state index contributed by atoms with van der Waals surface area (Å²) in [5.41, 5.74) is 1.48. The Morgan fingerprint density at radius 3 is 2.43 bits per heavy atom. The minimum Gasteiger partial charge on any atom is -0.507 e. The van der Waals surface area contributed by atoms with Crippen LogP contribution in [0.3, 0.4) is 0 Å². The van der Waals surface area contributed by atoms with Crippen molar-refractivity contribution in [2.24, 2.45) is 0 Å².